The molecule has 1 aromatic rings. The van der Waals surface area contributed by atoms with Crippen LogP contribution in [-0.2, 0) is 11.3 Å². The van der Waals surface area contributed by atoms with Gasteiger partial charge in [-0.1, -0.05) is 5.16 Å². The van der Waals surface area contributed by atoms with E-state index in [0.29, 0.717) is 11.5 Å². The zero-order valence-electron chi connectivity index (χ0n) is 10.4. The van der Waals surface area contributed by atoms with E-state index in [-0.39, 0.29) is 19.5 Å². The summed E-state index contributed by atoms with van der Waals surface area (Å²) in [5.74, 6) is -0.492. The van der Waals surface area contributed by atoms with Crippen LogP contribution in [0.25, 0.3) is 0 Å². The summed E-state index contributed by atoms with van der Waals surface area (Å²) in [5.41, 5.74) is 0.553. The van der Waals surface area contributed by atoms with Gasteiger partial charge in [-0.15, -0.1) is 0 Å². The highest BCUT2D eigenvalue weighted by Crippen LogP contribution is 2.18. The van der Waals surface area contributed by atoms with Crippen molar-refractivity contribution in [2.75, 3.05) is 6.54 Å². The second-order valence-corrected chi connectivity index (χ2v) is 4.48. The molecule has 1 saturated heterocycles. The Balaban J connectivity index is 1.93. The summed E-state index contributed by atoms with van der Waals surface area (Å²) < 4.78 is 4.85. The summed E-state index contributed by atoms with van der Waals surface area (Å²) in [6.45, 7) is 1.89. The van der Waals surface area contributed by atoms with E-state index in [2.05, 4.69) is 10.5 Å². The van der Waals surface area contributed by atoms with Gasteiger partial charge in [0.1, 0.15) is 17.5 Å². The Morgan fingerprint density at radius 2 is 2.37 bits per heavy atom. The van der Waals surface area contributed by atoms with E-state index in [1.54, 1.807) is 13.0 Å². The lowest BCUT2D eigenvalue weighted by molar-refractivity contribution is -0.141. The van der Waals surface area contributed by atoms with Crippen molar-refractivity contribution in [3.63, 3.8) is 0 Å². The fourth-order valence-corrected chi connectivity index (χ4v) is 2.04. The third kappa shape index (κ3) is 3.02. The Morgan fingerprint density at radius 1 is 1.63 bits per heavy atom. The zero-order chi connectivity index (χ0) is 14.0. The number of aliphatic hydroxyl groups excluding tert-OH is 1. The quantitative estimate of drug-likeness (QED) is 0.694. The molecule has 2 rings (SSSR count). The van der Waals surface area contributed by atoms with Gasteiger partial charge in [0.05, 0.1) is 12.6 Å². The van der Waals surface area contributed by atoms with Gasteiger partial charge in [0.15, 0.2) is 0 Å². The predicted molar refractivity (Wildman–Crippen MR) is 62.2 cm³/mol. The molecule has 2 amide bonds. The van der Waals surface area contributed by atoms with E-state index in [4.69, 9.17) is 9.63 Å². The van der Waals surface area contributed by atoms with Crippen LogP contribution in [0.3, 0.4) is 0 Å². The van der Waals surface area contributed by atoms with Crippen molar-refractivity contribution in [1.82, 2.24) is 15.4 Å². The van der Waals surface area contributed by atoms with E-state index in [1.165, 1.54) is 0 Å². The van der Waals surface area contributed by atoms with Crippen LogP contribution in [0, 0.1) is 6.92 Å². The Morgan fingerprint density at radius 3 is 2.95 bits per heavy atom. The number of aliphatic carboxylic acids is 1. The van der Waals surface area contributed by atoms with Crippen LogP contribution < -0.4 is 5.32 Å². The summed E-state index contributed by atoms with van der Waals surface area (Å²) in [4.78, 5) is 24.0. The first-order chi connectivity index (χ1) is 8.97. The first-order valence-corrected chi connectivity index (χ1v) is 5.85. The number of carbonyl (C=O) groups excluding carboxylic acids is 1. The van der Waals surface area contributed by atoms with E-state index < -0.39 is 24.1 Å². The summed E-state index contributed by atoms with van der Waals surface area (Å²) in [7, 11) is 0. The number of aliphatic hydroxyl groups is 1. The average molecular weight is 269 g/mol. The van der Waals surface area contributed by atoms with Crippen molar-refractivity contribution in [3.05, 3.63) is 17.5 Å². The summed E-state index contributed by atoms with van der Waals surface area (Å²) in [6, 6.07) is 0.145. The van der Waals surface area contributed by atoms with Gasteiger partial charge in [-0.05, 0) is 6.92 Å². The molecule has 1 aliphatic rings. The number of rotatable bonds is 3. The summed E-state index contributed by atoms with van der Waals surface area (Å²) in [6.07, 6.45) is -0.757. The molecule has 1 aliphatic heterocycles. The number of nitrogens with zero attached hydrogens (tertiary/aromatic N) is 2. The number of aryl methyl sites for hydroxylation is 1. The normalized spacial score (nSPS) is 22.5. The molecule has 0 spiro atoms. The van der Waals surface area contributed by atoms with Gasteiger partial charge in [-0.25, -0.2) is 9.59 Å². The molecule has 8 nitrogen and oxygen atoms in total. The standard InChI is InChI=1S/C11H15N3O5/c1-6-2-7(13-19-6)4-12-11(18)14-5-8(15)3-9(14)10(16)17/h2,8-9,15H,3-5H2,1H3,(H,12,18)(H,16,17)/t8-,9+/m1/s1. The van der Waals surface area contributed by atoms with Crippen molar-refractivity contribution >= 4 is 12.0 Å². The maximum Gasteiger partial charge on any atom is 0.326 e. The maximum absolute atomic E-state index is 11.9. The number of carboxylic acids is 1. The molecule has 0 aromatic carbocycles. The Hall–Kier alpha value is -2.09. The number of aromatic nitrogens is 1. The number of likely N-dealkylation sites (tertiary alicyclic amines) is 1. The van der Waals surface area contributed by atoms with Gasteiger partial charge in [-0.3, -0.25) is 0 Å². The highest BCUT2D eigenvalue weighted by atomic mass is 16.5. The molecular weight excluding hydrogens is 254 g/mol. The van der Waals surface area contributed by atoms with Crippen molar-refractivity contribution in [1.29, 1.82) is 0 Å². The fourth-order valence-electron chi connectivity index (χ4n) is 2.04. The molecule has 3 N–H and O–H groups in total. The largest absolute Gasteiger partial charge is 0.480 e. The SMILES string of the molecule is Cc1cc(CNC(=O)N2C[C@H](O)C[C@H]2C(=O)O)no1. The zero-order valence-corrected chi connectivity index (χ0v) is 10.4. The van der Waals surface area contributed by atoms with Crippen molar-refractivity contribution < 1.29 is 24.3 Å². The molecule has 0 aliphatic carbocycles. The number of urea groups is 1. The number of nitrogens with one attached hydrogen (secondary N) is 1. The van der Waals surface area contributed by atoms with E-state index in [1.807, 2.05) is 0 Å². The molecule has 8 heteroatoms. The Labute approximate surface area is 109 Å². The first-order valence-electron chi connectivity index (χ1n) is 5.85. The van der Waals surface area contributed by atoms with Gasteiger partial charge >= 0.3 is 12.0 Å². The number of carboxylic acid groups (broad SMARTS) is 1. The molecule has 1 aromatic heterocycles. The fraction of sp³-hybridized carbons (Fsp3) is 0.545. The first kappa shape index (κ1) is 13.3. The third-order valence-electron chi connectivity index (χ3n) is 2.92. The molecule has 104 valence electrons. The second kappa shape index (κ2) is 5.27. The van der Waals surface area contributed by atoms with Crippen molar-refractivity contribution in [2.24, 2.45) is 0 Å². The highest BCUT2D eigenvalue weighted by molar-refractivity contribution is 5.83. The van der Waals surface area contributed by atoms with Crippen molar-refractivity contribution in [3.8, 4) is 0 Å². The Kier molecular flexibility index (Phi) is 3.70. The lowest BCUT2D eigenvalue weighted by Gasteiger charge is -2.21. The van der Waals surface area contributed by atoms with Gasteiger partial charge in [0, 0.05) is 19.0 Å². The minimum atomic E-state index is -1.12. The second-order valence-electron chi connectivity index (χ2n) is 4.48. The smallest absolute Gasteiger partial charge is 0.326 e. The lowest BCUT2D eigenvalue weighted by atomic mass is 10.2. The number of hydrogen-bond acceptors (Lipinski definition) is 5. The molecule has 0 saturated carbocycles. The lowest BCUT2D eigenvalue weighted by Crippen LogP contribution is -2.46. The van der Waals surface area contributed by atoms with E-state index in [9.17, 15) is 14.7 Å². The third-order valence-corrected chi connectivity index (χ3v) is 2.92. The Bertz CT molecular complexity index is 486. The number of hydrogen-bond donors (Lipinski definition) is 3. The number of β-amino-alcohol motifs (C(OH)–C–C–N with tert-alkyl or cyclic N) is 1. The van der Waals surface area contributed by atoms with E-state index in [0.717, 1.165) is 4.90 Å². The molecule has 2 heterocycles. The van der Waals surface area contributed by atoms with Crippen LogP contribution in [0.1, 0.15) is 17.9 Å². The van der Waals surface area contributed by atoms with Gasteiger partial charge in [0.2, 0.25) is 0 Å². The molecule has 0 radical (unpaired) electrons. The molecule has 0 unspecified atom stereocenters. The van der Waals surface area contributed by atoms with Gasteiger partial charge in [0.25, 0.3) is 0 Å². The summed E-state index contributed by atoms with van der Waals surface area (Å²) in [5, 5.41) is 24.7. The van der Waals surface area contributed by atoms with Crippen LogP contribution in [0.5, 0.6) is 0 Å². The van der Waals surface area contributed by atoms with Gasteiger partial charge < -0.3 is 25.0 Å². The van der Waals surface area contributed by atoms with Crippen LogP contribution in [0.2, 0.25) is 0 Å². The number of carbonyl (C=O) groups is 2. The monoisotopic (exact) mass is 269 g/mol. The molecule has 1 fully saturated rings. The van der Waals surface area contributed by atoms with Gasteiger partial charge in [-0.2, -0.15) is 0 Å². The average Bonchev–Trinajstić information content (AvgIpc) is 2.92. The predicted octanol–water partition coefficient (Wildman–Crippen LogP) is -0.288. The minimum Gasteiger partial charge on any atom is -0.480 e. The van der Waals surface area contributed by atoms with Crippen LogP contribution in [-0.4, -0.2) is 51.0 Å². The molecular formula is C11H15N3O5. The minimum absolute atomic E-state index is 0.0145. The topological polar surface area (TPSA) is 116 Å². The van der Waals surface area contributed by atoms with Crippen LogP contribution >= 0.6 is 0 Å². The van der Waals surface area contributed by atoms with Crippen LogP contribution in [0.4, 0.5) is 4.79 Å². The highest BCUT2D eigenvalue weighted by Gasteiger charge is 2.38. The molecule has 19 heavy (non-hydrogen) atoms. The number of amides is 2. The van der Waals surface area contributed by atoms with E-state index >= 15 is 0 Å². The molecule has 2 atom stereocenters. The van der Waals surface area contributed by atoms with Crippen molar-refractivity contribution in [2.45, 2.75) is 32.0 Å². The summed E-state index contributed by atoms with van der Waals surface area (Å²) >= 11 is 0. The molecule has 0 bridgehead atoms. The maximum atomic E-state index is 11.9. The van der Waals surface area contributed by atoms with Crippen LogP contribution in [0.15, 0.2) is 10.6 Å².